The molecule has 3 nitrogen and oxygen atoms in total. The van der Waals surface area contributed by atoms with Crippen LogP contribution in [0.1, 0.15) is 25.3 Å². The first-order valence-electron chi connectivity index (χ1n) is 7.10. The highest BCUT2D eigenvalue weighted by molar-refractivity contribution is 5.37. The average Bonchev–Trinajstić information content (AvgIpc) is 2.77. The Balaban J connectivity index is 1.90. The highest BCUT2D eigenvalue weighted by Gasteiger charge is 2.24. The predicted molar refractivity (Wildman–Crippen MR) is 74.9 cm³/mol. The van der Waals surface area contributed by atoms with E-state index >= 15 is 0 Å². The van der Waals surface area contributed by atoms with Crippen molar-refractivity contribution < 1.29 is 9.13 Å². The van der Waals surface area contributed by atoms with Crippen molar-refractivity contribution in [2.24, 2.45) is 5.73 Å². The molecule has 2 N–H and O–H groups in total. The van der Waals surface area contributed by atoms with E-state index in [-0.39, 0.29) is 11.9 Å². The first-order chi connectivity index (χ1) is 9.22. The molecule has 1 aliphatic heterocycles. The second kappa shape index (κ2) is 6.87. The Hall–Kier alpha value is -1.13. The van der Waals surface area contributed by atoms with Gasteiger partial charge in [-0.1, -0.05) is 13.3 Å². The zero-order chi connectivity index (χ0) is 13.7. The summed E-state index contributed by atoms with van der Waals surface area (Å²) in [4.78, 5) is 2.34. The summed E-state index contributed by atoms with van der Waals surface area (Å²) in [6, 6.07) is 4.76. The molecule has 0 saturated carbocycles. The van der Waals surface area contributed by atoms with Gasteiger partial charge in [0.15, 0.2) is 0 Å². The Morgan fingerprint density at radius 3 is 3.00 bits per heavy atom. The SMILES string of the molecule is CCCCN(CCN)CC1Cc2cc(F)ccc2O1. The summed E-state index contributed by atoms with van der Waals surface area (Å²) < 4.78 is 19.0. The largest absolute Gasteiger partial charge is 0.488 e. The molecule has 0 aromatic heterocycles. The van der Waals surface area contributed by atoms with E-state index in [4.69, 9.17) is 10.5 Å². The van der Waals surface area contributed by atoms with Gasteiger partial charge in [0.2, 0.25) is 0 Å². The lowest BCUT2D eigenvalue weighted by molar-refractivity contribution is 0.151. The van der Waals surface area contributed by atoms with Crippen molar-refractivity contribution in [1.82, 2.24) is 4.90 Å². The van der Waals surface area contributed by atoms with E-state index < -0.39 is 0 Å². The molecular formula is C15H23FN2O. The zero-order valence-corrected chi connectivity index (χ0v) is 11.6. The van der Waals surface area contributed by atoms with Crippen molar-refractivity contribution in [3.63, 3.8) is 0 Å². The second-order valence-electron chi connectivity index (χ2n) is 5.14. The predicted octanol–water partition coefficient (Wildman–Crippen LogP) is 2.19. The van der Waals surface area contributed by atoms with Gasteiger partial charge < -0.3 is 10.5 Å². The third kappa shape index (κ3) is 3.91. The van der Waals surface area contributed by atoms with Crippen LogP contribution in [0.25, 0.3) is 0 Å². The number of hydrogen-bond acceptors (Lipinski definition) is 3. The van der Waals surface area contributed by atoms with Crippen LogP contribution in [0.3, 0.4) is 0 Å². The minimum atomic E-state index is -0.187. The lowest BCUT2D eigenvalue weighted by Crippen LogP contribution is -2.38. The van der Waals surface area contributed by atoms with Crippen LogP contribution in [0.15, 0.2) is 18.2 Å². The Bertz CT molecular complexity index is 411. The average molecular weight is 266 g/mol. The molecule has 1 aliphatic rings. The molecule has 1 heterocycles. The minimum Gasteiger partial charge on any atom is -0.488 e. The van der Waals surface area contributed by atoms with Gasteiger partial charge in [-0.05, 0) is 31.2 Å². The Kier molecular flexibility index (Phi) is 5.16. The number of hydrogen-bond donors (Lipinski definition) is 1. The van der Waals surface area contributed by atoms with Gasteiger partial charge in [-0.2, -0.15) is 0 Å². The van der Waals surface area contributed by atoms with E-state index in [2.05, 4.69) is 11.8 Å². The molecule has 1 aromatic rings. The van der Waals surface area contributed by atoms with Crippen molar-refractivity contribution in [1.29, 1.82) is 0 Å². The Morgan fingerprint density at radius 2 is 2.26 bits per heavy atom. The summed E-state index contributed by atoms with van der Waals surface area (Å²) in [6.07, 6.45) is 3.27. The summed E-state index contributed by atoms with van der Waals surface area (Å²) in [6.45, 7) is 5.67. The smallest absolute Gasteiger partial charge is 0.123 e. The highest BCUT2D eigenvalue weighted by Crippen LogP contribution is 2.29. The molecule has 0 fully saturated rings. The number of halogens is 1. The molecule has 1 aromatic carbocycles. The van der Waals surface area contributed by atoms with E-state index in [1.54, 1.807) is 12.1 Å². The van der Waals surface area contributed by atoms with Crippen LogP contribution in [0.2, 0.25) is 0 Å². The fraction of sp³-hybridized carbons (Fsp3) is 0.600. The number of unbranched alkanes of at least 4 members (excludes halogenated alkanes) is 1. The maximum atomic E-state index is 13.2. The summed E-state index contributed by atoms with van der Waals surface area (Å²) in [5.74, 6) is 0.641. The quantitative estimate of drug-likeness (QED) is 0.822. The summed E-state index contributed by atoms with van der Waals surface area (Å²) in [7, 11) is 0. The highest BCUT2D eigenvalue weighted by atomic mass is 19.1. The molecule has 0 aliphatic carbocycles. The first-order valence-corrected chi connectivity index (χ1v) is 7.10. The van der Waals surface area contributed by atoms with E-state index in [1.807, 2.05) is 0 Å². The molecule has 0 saturated heterocycles. The molecule has 1 atom stereocenters. The van der Waals surface area contributed by atoms with Crippen LogP contribution in [-0.4, -0.2) is 37.2 Å². The van der Waals surface area contributed by atoms with Crippen molar-refractivity contribution in [2.45, 2.75) is 32.3 Å². The van der Waals surface area contributed by atoms with Gasteiger partial charge in [0.05, 0.1) is 0 Å². The van der Waals surface area contributed by atoms with E-state index in [0.29, 0.717) is 6.54 Å². The van der Waals surface area contributed by atoms with Crippen molar-refractivity contribution in [3.05, 3.63) is 29.6 Å². The molecule has 106 valence electrons. The molecule has 1 unspecified atom stereocenters. The van der Waals surface area contributed by atoms with E-state index in [1.165, 1.54) is 18.9 Å². The minimum absolute atomic E-state index is 0.125. The molecule has 0 spiro atoms. The molecule has 4 heteroatoms. The van der Waals surface area contributed by atoms with Crippen molar-refractivity contribution in [2.75, 3.05) is 26.2 Å². The summed E-state index contributed by atoms with van der Waals surface area (Å²) >= 11 is 0. The fourth-order valence-corrected chi connectivity index (χ4v) is 2.54. The van der Waals surface area contributed by atoms with E-state index in [9.17, 15) is 4.39 Å². The summed E-state index contributed by atoms with van der Waals surface area (Å²) in [5, 5.41) is 0. The maximum Gasteiger partial charge on any atom is 0.123 e. The standard InChI is InChI=1S/C15H23FN2O/c1-2-3-7-18(8-6-17)11-14-10-12-9-13(16)4-5-15(12)19-14/h4-5,9,14H,2-3,6-8,10-11,17H2,1H3. The van der Waals surface area contributed by atoms with Gasteiger partial charge >= 0.3 is 0 Å². The van der Waals surface area contributed by atoms with Crippen LogP contribution in [0, 0.1) is 5.82 Å². The molecule has 19 heavy (non-hydrogen) atoms. The van der Waals surface area contributed by atoms with Gasteiger partial charge in [-0.3, -0.25) is 4.90 Å². The lowest BCUT2D eigenvalue weighted by atomic mass is 10.1. The van der Waals surface area contributed by atoms with Gasteiger partial charge in [-0.25, -0.2) is 4.39 Å². The third-order valence-corrected chi connectivity index (χ3v) is 3.50. The molecule has 0 radical (unpaired) electrons. The number of fused-ring (bicyclic) bond motifs is 1. The Labute approximate surface area is 114 Å². The molecule has 2 rings (SSSR count). The molecular weight excluding hydrogens is 243 g/mol. The van der Waals surface area contributed by atoms with Crippen molar-refractivity contribution >= 4 is 0 Å². The Morgan fingerprint density at radius 1 is 1.42 bits per heavy atom. The fourth-order valence-electron chi connectivity index (χ4n) is 2.54. The van der Waals surface area contributed by atoms with E-state index in [0.717, 1.165) is 37.4 Å². The van der Waals surface area contributed by atoms with Crippen LogP contribution in [-0.2, 0) is 6.42 Å². The number of ether oxygens (including phenoxy) is 1. The van der Waals surface area contributed by atoms with Crippen LogP contribution < -0.4 is 10.5 Å². The zero-order valence-electron chi connectivity index (χ0n) is 11.6. The molecule has 0 amide bonds. The maximum absolute atomic E-state index is 13.2. The number of benzene rings is 1. The monoisotopic (exact) mass is 266 g/mol. The normalized spacial score (nSPS) is 17.6. The van der Waals surface area contributed by atoms with Gasteiger partial charge in [-0.15, -0.1) is 0 Å². The summed E-state index contributed by atoms with van der Waals surface area (Å²) in [5.41, 5.74) is 6.63. The molecule has 0 bridgehead atoms. The van der Waals surface area contributed by atoms with Gasteiger partial charge in [0.1, 0.15) is 17.7 Å². The van der Waals surface area contributed by atoms with Crippen molar-refractivity contribution in [3.8, 4) is 5.75 Å². The number of rotatable bonds is 7. The number of nitrogens with zero attached hydrogens (tertiary/aromatic N) is 1. The topological polar surface area (TPSA) is 38.5 Å². The number of nitrogens with two attached hydrogens (primary N) is 1. The van der Waals surface area contributed by atoms with Crippen LogP contribution in [0.4, 0.5) is 4.39 Å². The van der Waals surface area contributed by atoms with Crippen LogP contribution >= 0.6 is 0 Å². The van der Waals surface area contributed by atoms with Gasteiger partial charge in [0.25, 0.3) is 0 Å². The lowest BCUT2D eigenvalue weighted by Gasteiger charge is -2.24. The first kappa shape index (κ1) is 14.3. The second-order valence-corrected chi connectivity index (χ2v) is 5.14. The third-order valence-electron chi connectivity index (χ3n) is 3.50. The van der Waals surface area contributed by atoms with Gasteiger partial charge in [0, 0.05) is 31.6 Å². The van der Waals surface area contributed by atoms with Crippen LogP contribution in [0.5, 0.6) is 5.75 Å².